The van der Waals surface area contributed by atoms with Crippen molar-refractivity contribution in [3.63, 3.8) is 0 Å². The Labute approximate surface area is 124 Å². The first kappa shape index (κ1) is 14.8. The van der Waals surface area contributed by atoms with Gasteiger partial charge >= 0.3 is 5.97 Å². The predicted octanol–water partition coefficient (Wildman–Crippen LogP) is 2.48. The van der Waals surface area contributed by atoms with Crippen LogP contribution < -0.4 is 10.6 Å². The standard InChI is InChI=1S/C16H19N3O2/c1-3-19(11-12-6-8-18-9-7-12)15-10-13(16(20)21-2)4-5-14(15)17/h4-10H,3,11,17H2,1-2H3. The smallest absolute Gasteiger partial charge is 0.337 e. The van der Waals surface area contributed by atoms with Gasteiger partial charge in [-0.1, -0.05) is 0 Å². The minimum atomic E-state index is -0.365. The van der Waals surface area contributed by atoms with Crippen LogP contribution in [0.4, 0.5) is 11.4 Å². The summed E-state index contributed by atoms with van der Waals surface area (Å²) in [4.78, 5) is 17.8. The van der Waals surface area contributed by atoms with Gasteiger partial charge < -0.3 is 15.4 Å². The molecule has 2 aromatic rings. The van der Waals surface area contributed by atoms with Crippen LogP contribution in [-0.4, -0.2) is 24.6 Å². The average Bonchev–Trinajstić information content (AvgIpc) is 2.53. The number of hydrogen-bond donors (Lipinski definition) is 1. The highest BCUT2D eigenvalue weighted by atomic mass is 16.5. The highest BCUT2D eigenvalue weighted by molar-refractivity contribution is 5.92. The Kier molecular flexibility index (Phi) is 4.77. The molecule has 0 atom stereocenters. The molecule has 0 bridgehead atoms. The molecule has 1 aromatic heterocycles. The minimum Gasteiger partial charge on any atom is -0.465 e. The highest BCUT2D eigenvalue weighted by Crippen LogP contribution is 2.26. The molecule has 5 nitrogen and oxygen atoms in total. The van der Waals surface area contributed by atoms with Crippen LogP contribution in [0.3, 0.4) is 0 Å². The van der Waals surface area contributed by atoms with Crippen molar-refractivity contribution >= 4 is 17.3 Å². The number of nitrogen functional groups attached to an aromatic ring is 1. The molecule has 2 N–H and O–H groups in total. The van der Waals surface area contributed by atoms with Crippen molar-refractivity contribution in [3.05, 3.63) is 53.9 Å². The lowest BCUT2D eigenvalue weighted by molar-refractivity contribution is 0.0601. The molecule has 1 heterocycles. The maximum atomic E-state index is 11.7. The van der Waals surface area contributed by atoms with Crippen LogP contribution in [0.15, 0.2) is 42.7 Å². The third kappa shape index (κ3) is 3.51. The molecule has 110 valence electrons. The molecule has 0 radical (unpaired) electrons. The Morgan fingerprint density at radius 1 is 1.29 bits per heavy atom. The summed E-state index contributed by atoms with van der Waals surface area (Å²) < 4.78 is 4.76. The zero-order chi connectivity index (χ0) is 15.2. The maximum absolute atomic E-state index is 11.7. The van der Waals surface area contributed by atoms with Crippen molar-refractivity contribution in [3.8, 4) is 0 Å². The normalized spacial score (nSPS) is 10.2. The van der Waals surface area contributed by atoms with Gasteiger partial charge in [0.1, 0.15) is 0 Å². The van der Waals surface area contributed by atoms with E-state index in [0.717, 1.165) is 17.8 Å². The van der Waals surface area contributed by atoms with Gasteiger partial charge in [0, 0.05) is 25.5 Å². The monoisotopic (exact) mass is 285 g/mol. The van der Waals surface area contributed by atoms with Gasteiger partial charge in [-0.05, 0) is 42.8 Å². The molecule has 0 unspecified atom stereocenters. The summed E-state index contributed by atoms with van der Waals surface area (Å²) in [6.07, 6.45) is 3.52. The maximum Gasteiger partial charge on any atom is 0.337 e. The molecule has 5 heteroatoms. The number of pyridine rings is 1. The highest BCUT2D eigenvalue weighted by Gasteiger charge is 2.13. The molecule has 0 fully saturated rings. The first-order valence-electron chi connectivity index (χ1n) is 6.77. The van der Waals surface area contributed by atoms with Crippen LogP contribution in [0.2, 0.25) is 0 Å². The van der Waals surface area contributed by atoms with Crippen LogP contribution in [0.5, 0.6) is 0 Å². The van der Waals surface area contributed by atoms with Crippen LogP contribution in [0, 0.1) is 0 Å². The third-order valence-electron chi connectivity index (χ3n) is 3.30. The summed E-state index contributed by atoms with van der Waals surface area (Å²) in [7, 11) is 1.37. The topological polar surface area (TPSA) is 68.5 Å². The molecular weight excluding hydrogens is 266 g/mol. The van der Waals surface area contributed by atoms with Crippen molar-refractivity contribution in [2.24, 2.45) is 0 Å². The molecule has 21 heavy (non-hydrogen) atoms. The van der Waals surface area contributed by atoms with E-state index in [0.29, 0.717) is 17.8 Å². The molecule has 0 aliphatic carbocycles. The number of carbonyl (C=O) groups excluding carboxylic acids is 1. The van der Waals surface area contributed by atoms with E-state index in [1.807, 2.05) is 19.1 Å². The van der Waals surface area contributed by atoms with Crippen molar-refractivity contribution in [1.29, 1.82) is 0 Å². The van der Waals surface area contributed by atoms with Crippen LogP contribution >= 0.6 is 0 Å². The van der Waals surface area contributed by atoms with Gasteiger partial charge in [-0.15, -0.1) is 0 Å². The number of carbonyl (C=O) groups is 1. The van der Waals surface area contributed by atoms with Crippen molar-refractivity contribution in [2.45, 2.75) is 13.5 Å². The summed E-state index contributed by atoms with van der Waals surface area (Å²) in [6.45, 7) is 3.52. The Morgan fingerprint density at radius 2 is 2.00 bits per heavy atom. The fourth-order valence-corrected chi connectivity index (χ4v) is 2.14. The zero-order valence-electron chi connectivity index (χ0n) is 12.2. The largest absolute Gasteiger partial charge is 0.465 e. The van der Waals surface area contributed by atoms with Gasteiger partial charge in [-0.25, -0.2) is 4.79 Å². The number of nitrogens with two attached hydrogens (primary N) is 1. The Morgan fingerprint density at radius 3 is 2.62 bits per heavy atom. The molecule has 2 rings (SSSR count). The van der Waals surface area contributed by atoms with E-state index in [4.69, 9.17) is 10.5 Å². The van der Waals surface area contributed by atoms with Crippen LogP contribution in [0.25, 0.3) is 0 Å². The minimum absolute atomic E-state index is 0.365. The van der Waals surface area contributed by atoms with E-state index in [9.17, 15) is 4.79 Å². The number of aromatic nitrogens is 1. The first-order valence-corrected chi connectivity index (χ1v) is 6.77. The van der Waals surface area contributed by atoms with Gasteiger partial charge in [-0.2, -0.15) is 0 Å². The summed E-state index contributed by atoms with van der Waals surface area (Å²) in [5.41, 5.74) is 9.15. The lowest BCUT2D eigenvalue weighted by Gasteiger charge is -2.25. The number of anilines is 2. The van der Waals surface area contributed by atoms with Gasteiger partial charge in [-0.3, -0.25) is 4.98 Å². The Bertz CT molecular complexity index is 614. The number of hydrogen-bond acceptors (Lipinski definition) is 5. The number of methoxy groups -OCH3 is 1. The number of esters is 1. The van der Waals surface area contributed by atoms with Crippen LogP contribution in [-0.2, 0) is 11.3 Å². The Balaban J connectivity index is 2.31. The number of nitrogens with zero attached hydrogens (tertiary/aromatic N) is 2. The molecular formula is C16H19N3O2. The number of rotatable bonds is 5. The molecule has 0 saturated carbocycles. The summed E-state index contributed by atoms with van der Waals surface area (Å²) >= 11 is 0. The van der Waals surface area contributed by atoms with Crippen LogP contribution in [0.1, 0.15) is 22.8 Å². The molecule has 0 aliphatic rings. The lowest BCUT2D eigenvalue weighted by atomic mass is 10.1. The predicted molar refractivity (Wildman–Crippen MR) is 83.2 cm³/mol. The first-order chi connectivity index (χ1) is 10.2. The van der Waals surface area contributed by atoms with Gasteiger partial charge in [0.05, 0.1) is 24.0 Å². The lowest BCUT2D eigenvalue weighted by Crippen LogP contribution is -2.23. The van der Waals surface area contributed by atoms with E-state index in [2.05, 4.69) is 9.88 Å². The fraction of sp³-hybridized carbons (Fsp3) is 0.250. The average molecular weight is 285 g/mol. The summed E-state index contributed by atoms with van der Waals surface area (Å²) in [5.74, 6) is -0.365. The number of ether oxygens (including phenoxy) is 1. The van der Waals surface area contributed by atoms with Gasteiger partial charge in [0.25, 0.3) is 0 Å². The summed E-state index contributed by atoms with van der Waals surface area (Å²) in [5, 5.41) is 0. The van der Waals surface area contributed by atoms with Crippen molar-refractivity contribution in [2.75, 3.05) is 24.3 Å². The Hall–Kier alpha value is -2.56. The van der Waals surface area contributed by atoms with Gasteiger partial charge in [0.2, 0.25) is 0 Å². The van der Waals surface area contributed by atoms with E-state index in [1.165, 1.54) is 7.11 Å². The van der Waals surface area contributed by atoms with E-state index in [1.54, 1.807) is 30.6 Å². The third-order valence-corrected chi connectivity index (χ3v) is 3.30. The van der Waals surface area contributed by atoms with Crippen molar-refractivity contribution < 1.29 is 9.53 Å². The fourth-order valence-electron chi connectivity index (χ4n) is 2.14. The molecule has 0 spiro atoms. The van der Waals surface area contributed by atoms with E-state index < -0.39 is 0 Å². The van der Waals surface area contributed by atoms with Gasteiger partial charge in [0.15, 0.2) is 0 Å². The molecule has 1 aromatic carbocycles. The van der Waals surface area contributed by atoms with Crippen molar-refractivity contribution in [1.82, 2.24) is 4.98 Å². The van der Waals surface area contributed by atoms with E-state index in [-0.39, 0.29) is 5.97 Å². The second-order valence-electron chi connectivity index (χ2n) is 4.63. The quantitative estimate of drug-likeness (QED) is 0.675. The second kappa shape index (κ2) is 6.74. The second-order valence-corrected chi connectivity index (χ2v) is 4.63. The molecule has 0 aliphatic heterocycles. The SMILES string of the molecule is CCN(Cc1ccncc1)c1cc(C(=O)OC)ccc1N. The summed E-state index contributed by atoms with van der Waals surface area (Å²) in [6, 6.07) is 9.10. The number of benzene rings is 1. The molecule has 0 amide bonds. The van der Waals surface area contributed by atoms with E-state index >= 15 is 0 Å². The zero-order valence-corrected chi connectivity index (χ0v) is 12.2. The molecule has 0 saturated heterocycles.